The van der Waals surface area contributed by atoms with Crippen LogP contribution >= 0.6 is 22.7 Å². The average Bonchev–Trinajstić information content (AvgIpc) is 3.42. The molecule has 2 amide bonds. The van der Waals surface area contributed by atoms with Crippen LogP contribution in [0.2, 0.25) is 0 Å². The van der Waals surface area contributed by atoms with Crippen molar-refractivity contribution in [2.75, 3.05) is 10.6 Å². The van der Waals surface area contributed by atoms with Crippen molar-refractivity contribution in [2.24, 2.45) is 0 Å². The van der Waals surface area contributed by atoms with E-state index in [9.17, 15) is 22.8 Å². The molecule has 0 radical (unpaired) electrons. The first kappa shape index (κ1) is 22.9. The maximum Gasteiger partial charge on any atom is 0.416 e. The largest absolute Gasteiger partial charge is 0.416 e. The van der Waals surface area contributed by atoms with Gasteiger partial charge in [-0.1, -0.05) is 36.5 Å². The first-order chi connectivity index (χ1) is 15.7. The molecule has 4 rings (SSSR count). The molecule has 6 nitrogen and oxygen atoms in total. The number of anilines is 2. The summed E-state index contributed by atoms with van der Waals surface area (Å²) >= 11 is 2.56. The number of aromatic nitrogens is 2. The fourth-order valence-corrected chi connectivity index (χ4v) is 4.62. The second-order valence-electron chi connectivity index (χ2n) is 7.31. The monoisotopic (exact) mass is 490 g/mol. The summed E-state index contributed by atoms with van der Waals surface area (Å²) in [5.41, 5.74) is 2.81. The number of hydrogen-bond donors (Lipinski definition) is 2. The summed E-state index contributed by atoms with van der Waals surface area (Å²) in [6.07, 6.45) is -4.43. The van der Waals surface area contributed by atoms with E-state index in [1.165, 1.54) is 28.7 Å². The molecule has 0 aliphatic heterocycles. The molecule has 2 heterocycles. The van der Waals surface area contributed by atoms with Gasteiger partial charge in [0.1, 0.15) is 5.69 Å². The molecule has 0 saturated carbocycles. The van der Waals surface area contributed by atoms with Gasteiger partial charge in [0.05, 0.1) is 21.3 Å². The Morgan fingerprint density at radius 3 is 2.67 bits per heavy atom. The molecule has 0 saturated heterocycles. The molecular weight excluding hydrogens is 473 g/mol. The van der Waals surface area contributed by atoms with E-state index in [0.717, 1.165) is 16.8 Å². The number of hydrogen-bond acceptors (Lipinski definition) is 6. The number of rotatable bonds is 6. The van der Waals surface area contributed by atoms with Crippen molar-refractivity contribution in [2.45, 2.75) is 25.4 Å². The van der Waals surface area contributed by atoms with E-state index in [-0.39, 0.29) is 18.2 Å². The Bertz CT molecular complexity index is 1300. The maximum absolute atomic E-state index is 12.9. The maximum atomic E-state index is 12.9. The molecule has 0 fully saturated rings. The number of amides is 2. The molecule has 33 heavy (non-hydrogen) atoms. The van der Waals surface area contributed by atoms with Gasteiger partial charge in [0.25, 0.3) is 5.91 Å². The van der Waals surface area contributed by atoms with E-state index in [1.807, 2.05) is 0 Å². The minimum Gasteiger partial charge on any atom is -0.321 e. The molecule has 0 aliphatic rings. The van der Waals surface area contributed by atoms with Crippen molar-refractivity contribution >= 4 is 55.5 Å². The van der Waals surface area contributed by atoms with Crippen LogP contribution in [0.4, 0.5) is 24.0 Å². The third-order valence-corrected chi connectivity index (χ3v) is 6.35. The lowest BCUT2D eigenvalue weighted by Crippen LogP contribution is -2.14. The summed E-state index contributed by atoms with van der Waals surface area (Å²) in [6, 6.07) is 10.2. The van der Waals surface area contributed by atoms with Crippen LogP contribution in [0.3, 0.4) is 0 Å². The molecular formula is C22H17F3N4O2S2. The predicted molar refractivity (Wildman–Crippen MR) is 123 cm³/mol. The fourth-order valence-electron chi connectivity index (χ4n) is 3.16. The van der Waals surface area contributed by atoms with Crippen LogP contribution in [0.25, 0.3) is 10.2 Å². The number of nitrogens with zero attached hydrogens (tertiary/aromatic N) is 2. The standard InChI is InChI=1S/C22H17F3N4O2S2/c1-12(13-3-2-4-14(8-13)22(23,24)25)7-19(30)29-21-28-16-6-5-15(9-18(16)33-21)27-20(31)17-10-32-11-26-17/h2-6,8-12H,7H2,1H3,(H,27,31)(H,28,29,30). The summed E-state index contributed by atoms with van der Waals surface area (Å²) in [7, 11) is 0. The number of nitrogens with one attached hydrogen (secondary N) is 2. The van der Waals surface area contributed by atoms with Crippen molar-refractivity contribution in [3.63, 3.8) is 0 Å². The number of fused-ring (bicyclic) bond motifs is 1. The molecule has 11 heteroatoms. The van der Waals surface area contributed by atoms with Gasteiger partial charge in [0.15, 0.2) is 5.13 Å². The van der Waals surface area contributed by atoms with E-state index in [1.54, 1.807) is 42.1 Å². The van der Waals surface area contributed by atoms with Gasteiger partial charge in [-0.3, -0.25) is 9.59 Å². The van der Waals surface area contributed by atoms with Crippen molar-refractivity contribution in [3.05, 3.63) is 70.2 Å². The van der Waals surface area contributed by atoms with Crippen LogP contribution in [0.1, 0.15) is 40.9 Å². The summed E-state index contributed by atoms with van der Waals surface area (Å²) in [4.78, 5) is 33.0. The first-order valence-electron chi connectivity index (χ1n) is 9.76. The van der Waals surface area contributed by atoms with Crippen LogP contribution in [-0.4, -0.2) is 21.8 Å². The molecule has 2 aromatic carbocycles. The summed E-state index contributed by atoms with van der Waals surface area (Å²) in [6.45, 7) is 1.70. The Balaban J connectivity index is 1.41. The second-order valence-corrected chi connectivity index (χ2v) is 9.06. The average molecular weight is 491 g/mol. The Hall–Kier alpha value is -3.31. The third kappa shape index (κ3) is 5.55. The van der Waals surface area contributed by atoms with Crippen LogP contribution in [-0.2, 0) is 11.0 Å². The predicted octanol–water partition coefficient (Wildman–Crippen LogP) is 6.16. The Morgan fingerprint density at radius 2 is 1.94 bits per heavy atom. The summed E-state index contributed by atoms with van der Waals surface area (Å²) in [5.74, 6) is -1.08. The van der Waals surface area contributed by atoms with Gasteiger partial charge in [-0.25, -0.2) is 9.97 Å². The number of thiazole rings is 2. The normalized spacial score (nSPS) is 12.5. The summed E-state index contributed by atoms with van der Waals surface area (Å²) in [5, 5.41) is 7.49. The molecule has 2 aromatic heterocycles. The van der Waals surface area contributed by atoms with E-state index in [0.29, 0.717) is 27.6 Å². The van der Waals surface area contributed by atoms with Crippen LogP contribution in [0.15, 0.2) is 53.4 Å². The highest BCUT2D eigenvalue weighted by atomic mass is 32.1. The smallest absolute Gasteiger partial charge is 0.321 e. The highest BCUT2D eigenvalue weighted by molar-refractivity contribution is 7.22. The molecule has 0 spiro atoms. The lowest BCUT2D eigenvalue weighted by Gasteiger charge is -2.14. The topological polar surface area (TPSA) is 84.0 Å². The zero-order chi connectivity index (χ0) is 23.6. The lowest BCUT2D eigenvalue weighted by molar-refractivity contribution is -0.137. The second kappa shape index (κ2) is 9.28. The molecule has 2 N–H and O–H groups in total. The van der Waals surface area contributed by atoms with Gasteiger partial charge < -0.3 is 10.6 Å². The van der Waals surface area contributed by atoms with Crippen LogP contribution < -0.4 is 10.6 Å². The fraction of sp³-hybridized carbons (Fsp3) is 0.182. The SMILES string of the molecule is CC(CC(=O)Nc1nc2ccc(NC(=O)c3cscn3)cc2s1)c1cccc(C(F)(F)F)c1. The van der Waals surface area contributed by atoms with Gasteiger partial charge in [-0.2, -0.15) is 13.2 Å². The van der Waals surface area contributed by atoms with Gasteiger partial charge in [0, 0.05) is 17.5 Å². The van der Waals surface area contributed by atoms with E-state index in [4.69, 9.17) is 0 Å². The summed E-state index contributed by atoms with van der Waals surface area (Å²) < 4.78 is 39.6. The van der Waals surface area contributed by atoms with Crippen molar-refractivity contribution in [3.8, 4) is 0 Å². The first-order valence-corrected chi connectivity index (χ1v) is 11.5. The highest BCUT2D eigenvalue weighted by Gasteiger charge is 2.30. The number of halogens is 3. The lowest BCUT2D eigenvalue weighted by atomic mass is 9.95. The molecule has 4 aromatic rings. The van der Waals surface area contributed by atoms with Crippen LogP contribution in [0, 0.1) is 0 Å². The molecule has 1 atom stereocenters. The minimum absolute atomic E-state index is 0.00614. The molecule has 1 unspecified atom stereocenters. The number of carbonyl (C=O) groups is 2. The number of carbonyl (C=O) groups excluding carboxylic acids is 2. The highest BCUT2D eigenvalue weighted by Crippen LogP contribution is 2.32. The van der Waals surface area contributed by atoms with Gasteiger partial charge in [-0.05, 0) is 35.7 Å². The van der Waals surface area contributed by atoms with E-state index >= 15 is 0 Å². The Morgan fingerprint density at radius 1 is 1.12 bits per heavy atom. The minimum atomic E-state index is -4.43. The van der Waals surface area contributed by atoms with Gasteiger partial charge in [-0.15, -0.1) is 11.3 Å². The van der Waals surface area contributed by atoms with Crippen LogP contribution in [0.5, 0.6) is 0 Å². The molecule has 170 valence electrons. The van der Waals surface area contributed by atoms with Crippen molar-refractivity contribution in [1.82, 2.24) is 9.97 Å². The van der Waals surface area contributed by atoms with Crippen molar-refractivity contribution in [1.29, 1.82) is 0 Å². The zero-order valence-corrected chi connectivity index (χ0v) is 18.8. The van der Waals surface area contributed by atoms with Gasteiger partial charge >= 0.3 is 6.18 Å². The van der Waals surface area contributed by atoms with Crippen molar-refractivity contribution < 1.29 is 22.8 Å². The van der Waals surface area contributed by atoms with E-state index in [2.05, 4.69) is 20.6 Å². The zero-order valence-electron chi connectivity index (χ0n) is 17.1. The Labute approximate surface area is 194 Å². The number of alkyl halides is 3. The van der Waals surface area contributed by atoms with E-state index < -0.39 is 17.7 Å². The Kier molecular flexibility index (Phi) is 6.43. The third-order valence-electron chi connectivity index (χ3n) is 4.83. The number of benzene rings is 2. The molecule has 0 bridgehead atoms. The molecule has 0 aliphatic carbocycles. The van der Waals surface area contributed by atoms with Gasteiger partial charge in [0.2, 0.25) is 5.91 Å². The quantitative estimate of drug-likeness (QED) is 0.339.